The molecule has 136 valence electrons. The summed E-state index contributed by atoms with van der Waals surface area (Å²) in [6, 6.07) is 1.89. The van der Waals surface area contributed by atoms with Crippen molar-refractivity contribution in [1.82, 2.24) is 20.2 Å². The van der Waals surface area contributed by atoms with Crippen molar-refractivity contribution in [2.45, 2.75) is 32.1 Å². The molecule has 0 bridgehead atoms. The fourth-order valence-corrected chi connectivity index (χ4v) is 2.72. The molecule has 0 aromatic carbocycles. The lowest BCUT2D eigenvalue weighted by atomic mass is 10.0. The van der Waals surface area contributed by atoms with Gasteiger partial charge in [-0.3, -0.25) is 0 Å². The van der Waals surface area contributed by atoms with Gasteiger partial charge in [-0.25, -0.2) is 13.8 Å². The van der Waals surface area contributed by atoms with Crippen LogP contribution in [0.15, 0.2) is 12.3 Å². The van der Waals surface area contributed by atoms with Crippen LogP contribution in [0.25, 0.3) is 11.3 Å². The van der Waals surface area contributed by atoms with Crippen molar-refractivity contribution in [1.29, 1.82) is 0 Å². The van der Waals surface area contributed by atoms with Crippen LogP contribution in [-0.2, 0) is 0 Å². The van der Waals surface area contributed by atoms with Crippen LogP contribution in [0, 0.1) is 17.8 Å². The van der Waals surface area contributed by atoms with E-state index in [4.69, 9.17) is 9.47 Å². The Morgan fingerprint density at radius 3 is 2.69 bits per heavy atom. The summed E-state index contributed by atoms with van der Waals surface area (Å²) in [5.41, 5.74) is 2.07. The van der Waals surface area contributed by atoms with E-state index >= 15 is 0 Å². The van der Waals surface area contributed by atoms with Gasteiger partial charge in [0.2, 0.25) is 12.3 Å². The molecule has 0 saturated heterocycles. The van der Waals surface area contributed by atoms with Crippen LogP contribution in [0.3, 0.4) is 0 Å². The number of hydrogen-bond donors (Lipinski definition) is 0. The number of methoxy groups -OCH3 is 2. The molecule has 1 aliphatic carbocycles. The van der Waals surface area contributed by atoms with Gasteiger partial charge in [0.1, 0.15) is 11.4 Å². The van der Waals surface area contributed by atoms with Crippen molar-refractivity contribution in [3.63, 3.8) is 0 Å². The molecule has 3 rings (SSSR count). The molecular formula is C18H18F2N4O2. The van der Waals surface area contributed by atoms with Crippen molar-refractivity contribution in [3.05, 3.63) is 23.5 Å². The maximum Gasteiger partial charge on any atom is 0.319 e. The first-order valence-electron chi connectivity index (χ1n) is 8.19. The highest BCUT2D eigenvalue weighted by molar-refractivity contribution is 5.65. The molecule has 2 aromatic rings. The zero-order valence-corrected chi connectivity index (χ0v) is 14.7. The van der Waals surface area contributed by atoms with E-state index in [1.165, 1.54) is 20.4 Å². The van der Waals surface area contributed by atoms with E-state index in [1.54, 1.807) is 6.07 Å². The van der Waals surface area contributed by atoms with Crippen molar-refractivity contribution < 1.29 is 18.3 Å². The lowest BCUT2D eigenvalue weighted by molar-refractivity contribution is 0.120. The maximum absolute atomic E-state index is 13.0. The number of rotatable bonds is 5. The summed E-state index contributed by atoms with van der Waals surface area (Å²) >= 11 is 0. The van der Waals surface area contributed by atoms with Crippen LogP contribution in [0.4, 0.5) is 8.78 Å². The van der Waals surface area contributed by atoms with E-state index in [-0.39, 0.29) is 17.8 Å². The third kappa shape index (κ3) is 3.57. The van der Waals surface area contributed by atoms with E-state index in [0.717, 1.165) is 0 Å². The summed E-state index contributed by atoms with van der Waals surface area (Å²) in [4.78, 5) is 8.18. The first kappa shape index (κ1) is 18.0. The number of ether oxygens (including phenoxy) is 2. The smallest absolute Gasteiger partial charge is 0.319 e. The standard InChI is InChI=1S/C18H18F2N4O2/c1-4-5-6-14-11(10-7-12(10)16(19)20)8-15(24-23-14)13-9-21-18(26-3)22-17(13)25-2/h8-10,12,16H,4,7H2,1-3H3/t10-,12+/m1/s1. The summed E-state index contributed by atoms with van der Waals surface area (Å²) in [6.45, 7) is 1.91. The molecule has 0 spiro atoms. The minimum atomic E-state index is -2.36. The second kappa shape index (κ2) is 7.60. The van der Waals surface area contributed by atoms with Crippen LogP contribution < -0.4 is 9.47 Å². The highest BCUT2D eigenvalue weighted by Crippen LogP contribution is 2.52. The molecule has 1 fully saturated rings. The second-order valence-corrected chi connectivity index (χ2v) is 5.81. The van der Waals surface area contributed by atoms with Crippen molar-refractivity contribution in [3.8, 4) is 35.0 Å². The van der Waals surface area contributed by atoms with Gasteiger partial charge in [0.25, 0.3) is 0 Å². The number of aromatic nitrogens is 4. The van der Waals surface area contributed by atoms with Gasteiger partial charge in [-0.2, -0.15) is 4.98 Å². The minimum absolute atomic E-state index is 0.157. The summed E-state index contributed by atoms with van der Waals surface area (Å²) < 4.78 is 36.3. The fourth-order valence-electron chi connectivity index (χ4n) is 2.72. The van der Waals surface area contributed by atoms with E-state index in [0.29, 0.717) is 35.4 Å². The summed E-state index contributed by atoms with van der Waals surface area (Å²) in [5.74, 6) is 5.18. The van der Waals surface area contributed by atoms with Crippen molar-refractivity contribution in [2.24, 2.45) is 5.92 Å². The van der Waals surface area contributed by atoms with E-state index < -0.39 is 12.3 Å². The molecular weight excluding hydrogens is 342 g/mol. The van der Waals surface area contributed by atoms with Crippen molar-refractivity contribution >= 4 is 0 Å². The normalized spacial score (nSPS) is 18.2. The van der Waals surface area contributed by atoms with Crippen molar-refractivity contribution in [2.75, 3.05) is 14.2 Å². The summed E-state index contributed by atoms with van der Waals surface area (Å²) in [5, 5.41) is 8.32. The van der Waals surface area contributed by atoms with Gasteiger partial charge in [0.05, 0.1) is 19.8 Å². The van der Waals surface area contributed by atoms with Crippen LogP contribution >= 0.6 is 0 Å². The molecule has 2 atom stereocenters. The average Bonchev–Trinajstić information content (AvgIpc) is 3.46. The zero-order chi connectivity index (χ0) is 18.7. The lowest BCUT2D eigenvalue weighted by Gasteiger charge is -2.10. The summed E-state index contributed by atoms with van der Waals surface area (Å²) in [7, 11) is 2.92. The number of halogens is 2. The van der Waals surface area contributed by atoms with Gasteiger partial charge in [-0.15, -0.1) is 10.2 Å². The molecule has 0 unspecified atom stereocenters. The Hall–Kier alpha value is -2.82. The first-order chi connectivity index (χ1) is 12.6. The van der Waals surface area contributed by atoms with Gasteiger partial charge < -0.3 is 9.47 Å². The number of hydrogen-bond acceptors (Lipinski definition) is 6. The first-order valence-corrected chi connectivity index (χ1v) is 8.19. The molecule has 0 radical (unpaired) electrons. The Bertz CT molecular complexity index is 864. The van der Waals surface area contributed by atoms with E-state index in [9.17, 15) is 8.78 Å². The molecule has 2 heterocycles. The molecule has 0 amide bonds. The quantitative estimate of drug-likeness (QED) is 0.763. The Morgan fingerprint density at radius 2 is 2.08 bits per heavy atom. The van der Waals surface area contributed by atoms with Gasteiger partial charge >= 0.3 is 6.01 Å². The van der Waals surface area contributed by atoms with E-state index in [1.807, 2.05) is 6.92 Å². The zero-order valence-electron chi connectivity index (χ0n) is 14.7. The molecule has 8 heteroatoms. The fraction of sp³-hybridized carbons (Fsp3) is 0.444. The van der Waals surface area contributed by atoms with Gasteiger partial charge in [-0.05, 0) is 29.9 Å². The number of nitrogens with zero attached hydrogens (tertiary/aromatic N) is 4. The Morgan fingerprint density at radius 1 is 1.27 bits per heavy atom. The summed E-state index contributed by atoms with van der Waals surface area (Å²) in [6.07, 6.45) is 0.210. The third-order valence-electron chi connectivity index (χ3n) is 4.15. The maximum atomic E-state index is 13.0. The largest absolute Gasteiger partial charge is 0.480 e. The van der Waals surface area contributed by atoms with Crippen LogP contribution in [0.5, 0.6) is 11.9 Å². The molecule has 0 aliphatic heterocycles. The Kier molecular flexibility index (Phi) is 5.26. The second-order valence-electron chi connectivity index (χ2n) is 5.81. The Balaban J connectivity index is 2.04. The third-order valence-corrected chi connectivity index (χ3v) is 4.15. The highest BCUT2D eigenvalue weighted by atomic mass is 19.3. The molecule has 6 nitrogen and oxygen atoms in total. The average molecular weight is 360 g/mol. The molecule has 1 saturated carbocycles. The van der Waals surface area contributed by atoms with Crippen LogP contribution in [-0.4, -0.2) is 40.8 Å². The van der Waals surface area contributed by atoms with Gasteiger partial charge in [-0.1, -0.05) is 12.8 Å². The Labute approximate surface area is 150 Å². The van der Waals surface area contributed by atoms with Crippen LogP contribution in [0.1, 0.15) is 36.9 Å². The topological polar surface area (TPSA) is 70.0 Å². The molecule has 1 aliphatic rings. The predicted molar refractivity (Wildman–Crippen MR) is 90.2 cm³/mol. The lowest BCUT2D eigenvalue weighted by Crippen LogP contribution is -2.03. The molecule has 26 heavy (non-hydrogen) atoms. The monoisotopic (exact) mass is 360 g/mol. The van der Waals surface area contributed by atoms with Crippen LogP contribution in [0.2, 0.25) is 0 Å². The molecule has 2 aromatic heterocycles. The van der Waals surface area contributed by atoms with Gasteiger partial charge in [0.15, 0.2) is 0 Å². The highest BCUT2D eigenvalue weighted by Gasteiger charge is 2.46. The number of alkyl halides is 2. The minimum Gasteiger partial charge on any atom is -0.480 e. The van der Waals surface area contributed by atoms with Gasteiger partial charge in [0, 0.05) is 18.5 Å². The van der Waals surface area contributed by atoms with E-state index in [2.05, 4.69) is 32.0 Å². The SMILES string of the molecule is CCC#Cc1nnc(-c2cnc(OC)nc2OC)cc1[C@H]1C[C@@H]1C(F)F. The predicted octanol–water partition coefficient (Wildman–Crippen LogP) is 3.08. The molecule has 0 N–H and O–H groups in total.